The first-order valence-corrected chi connectivity index (χ1v) is 32.8. The van der Waals surface area contributed by atoms with Crippen molar-refractivity contribution in [3.8, 4) is 35.0 Å². The van der Waals surface area contributed by atoms with E-state index in [1.165, 1.54) is 11.0 Å². The fourth-order valence-corrected chi connectivity index (χ4v) is 24.3. The summed E-state index contributed by atoms with van der Waals surface area (Å²) < 4.78 is 62.0. The smallest absolute Gasteiger partial charge is 0.408 e. The van der Waals surface area contributed by atoms with Gasteiger partial charge in [0.05, 0.1) is 29.3 Å². The van der Waals surface area contributed by atoms with Gasteiger partial charge in [-0.1, -0.05) is 135 Å². The van der Waals surface area contributed by atoms with Crippen molar-refractivity contribution < 1.29 is 37.3 Å². The standard InChI is InChI=1S/C62H77F2N7O6Si2/c1-39(2)78(40(3)4,41(5)6)30-27-49-50(64)26-25-42-31-46(77-79(61(7,8)9,47-21-13-11-14-22-47)48-23-15-12-16-24-48)33-53(54(42)49)76-59-66-56-55(71(59)44-19-17-20-44)57(68-36-45-32-52(74-10)51(37-68)70(45)60(72)73)67-58(65-56)75-38-62-28-18-29-69(62)35-43(63)34-62/h11-16,21-26,31,33,39-41,43-45,51-52H,17-20,28-29,32,34-38H2,1-10H3,(H,72,73)/t43-,45-,51-,52+,62+/m1/s1. The SMILES string of the molecule is CO[C@H]1C[C@@H]2CN(c3nc(OC[C@@]45CCCN4C[C@H](F)C5)nc4nc(Oc5cc(O[Si](c6ccccc6)(c6ccccc6)C(C)(C)C)cc6ccc(F)c(C#C[Si](C(C)C)(C(C)C)C(C)C)c56)n(C5CCC5)c34)C[C@H]1N2C(=O)O. The number of halogens is 2. The summed E-state index contributed by atoms with van der Waals surface area (Å²) in [5.74, 6) is 4.51. The number of fused-ring (bicyclic) bond motifs is 5. The van der Waals surface area contributed by atoms with E-state index in [1.54, 1.807) is 13.2 Å². The normalized spacial score (nSPS) is 22.7. The summed E-state index contributed by atoms with van der Waals surface area (Å²) in [6.45, 7) is 22.3. The fourth-order valence-electron chi connectivity index (χ4n) is 14.7. The average Bonchev–Trinajstić information content (AvgIpc) is 4.31. The quantitative estimate of drug-likeness (QED) is 0.0780. The predicted molar refractivity (Wildman–Crippen MR) is 312 cm³/mol. The van der Waals surface area contributed by atoms with Gasteiger partial charge in [0.25, 0.3) is 0 Å². The number of nitrogens with zero attached hydrogens (tertiary/aromatic N) is 7. The monoisotopic (exact) mass is 1110 g/mol. The first-order chi connectivity index (χ1) is 37.8. The number of hydrogen-bond acceptors (Lipinski definition) is 10. The highest BCUT2D eigenvalue weighted by molar-refractivity contribution is 7.00. The maximum Gasteiger partial charge on any atom is 0.408 e. The fraction of sp³-hybridized carbons (Fsp3) is 0.516. The summed E-state index contributed by atoms with van der Waals surface area (Å²) in [7, 11) is -3.96. The summed E-state index contributed by atoms with van der Waals surface area (Å²) in [4.78, 5) is 34.2. The van der Waals surface area contributed by atoms with Crippen LogP contribution in [0.2, 0.25) is 21.7 Å². The Kier molecular flexibility index (Phi) is 14.7. The Morgan fingerprint density at radius 3 is 2.16 bits per heavy atom. The van der Waals surface area contributed by atoms with E-state index in [1.807, 2.05) is 24.3 Å². The van der Waals surface area contributed by atoms with Gasteiger partial charge in [0.15, 0.2) is 11.5 Å². The van der Waals surface area contributed by atoms with Crippen molar-refractivity contribution in [3.05, 3.63) is 96.3 Å². The van der Waals surface area contributed by atoms with E-state index in [9.17, 15) is 9.90 Å². The molecule has 0 radical (unpaired) electrons. The maximum atomic E-state index is 17.1. The number of ether oxygens (including phenoxy) is 3. The van der Waals surface area contributed by atoms with Crippen molar-refractivity contribution in [2.45, 2.75) is 165 Å². The lowest BCUT2D eigenvalue weighted by molar-refractivity contribution is 0.0596. The van der Waals surface area contributed by atoms with Gasteiger partial charge in [-0.2, -0.15) is 15.0 Å². The molecule has 4 aromatic carbocycles. The van der Waals surface area contributed by atoms with Crippen LogP contribution in [-0.4, -0.2) is 127 Å². The van der Waals surface area contributed by atoms with Gasteiger partial charge in [-0.25, -0.2) is 13.6 Å². The lowest BCUT2D eigenvalue weighted by Gasteiger charge is -2.43. The molecule has 6 heterocycles. The second-order valence-electron chi connectivity index (χ2n) is 25.0. The molecule has 5 aliphatic rings. The number of carbonyl (C=O) groups is 1. The van der Waals surface area contributed by atoms with E-state index >= 15 is 8.78 Å². The van der Waals surface area contributed by atoms with Crippen molar-refractivity contribution in [2.24, 2.45) is 0 Å². The van der Waals surface area contributed by atoms with Gasteiger partial charge in [0.2, 0.25) is 0 Å². The minimum Gasteiger partial charge on any atom is -0.534 e. The Morgan fingerprint density at radius 1 is 0.873 bits per heavy atom. The van der Waals surface area contributed by atoms with Crippen LogP contribution < -0.4 is 29.2 Å². The number of alkyl halides is 1. The molecular formula is C62H77F2N7O6Si2. The summed E-state index contributed by atoms with van der Waals surface area (Å²) in [6.07, 6.45) is 3.10. The first-order valence-electron chi connectivity index (χ1n) is 28.7. The molecule has 418 valence electrons. The summed E-state index contributed by atoms with van der Waals surface area (Å²) in [6, 6.07) is 27.6. The molecule has 1 saturated carbocycles. The molecule has 2 aromatic heterocycles. The van der Waals surface area contributed by atoms with Crippen molar-refractivity contribution in [1.29, 1.82) is 0 Å². The van der Waals surface area contributed by atoms with Gasteiger partial charge in [-0.15, -0.1) is 5.54 Å². The largest absolute Gasteiger partial charge is 0.534 e. The molecule has 4 saturated heterocycles. The second-order valence-corrected chi connectivity index (χ2v) is 34.8. The van der Waals surface area contributed by atoms with Gasteiger partial charge in [0.1, 0.15) is 43.7 Å². The number of carboxylic acid groups (broad SMARTS) is 1. The minimum atomic E-state index is -3.22. The number of rotatable bonds is 15. The van der Waals surface area contributed by atoms with Crippen LogP contribution in [-0.2, 0) is 4.74 Å². The zero-order valence-corrected chi connectivity index (χ0v) is 49.6. The van der Waals surface area contributed by atoms with Gasteiger partial charge in [0, 0.05) is 50.7 Å². The lowest BCUT2D eigenvalue weighted by atomic mass is 9.93. The third-order valence-electron chi connectivity index (χ3n) is 18.7. The number of aromatic nitrogens is 4. The summed E-state index contributed by atoms with van der Waals surface area (Å²) in [5.41, 5.74) is 5.52. The minimum absolute atomic E-state index is 0.0580. The van der Waals surface area contributed by atoms with Gasteiger partial charge >= 0.3 is 26.4 Å². The van der Waals surface area contributed by atoms with Gasteiger partial charge < -0.3 is 28.6 Å². The third kappa shape index (κ3) is 9.45. The number of amides is 1. The zero-order chi connectivity index (χ0) is 55.8. The third-order valence-corrected chi connectivity index (χ3v) is 29.9. The highest BCUT2D eigenvalue weighted by atomic mass is 28.4. The number of hydrogen-bond donors (Lipinski definition) is 1. The van der Waals surface area contributed by atoms with E-state index in [0.29, 0.717) is 88.4 Å². The average molecular weight is 1110 g/mol. The van der Waals surface area contributed by atoms with E-state index in [-0.39, 0.29) is 47.4 Å². The van der Waals surface area contributed by atoms with Crippen LogP contribution in [0.1, 0.15) is 119 Å². The molecule has 2 bridgehead atoms. The summed E-state index contributed by atoms with van der Waals surface area (Å²) in [5, 5.41) is 13.5. The second kappa shape index (κ2) is 21.1. The Morgan fingerprint density at radius 2 is 1.56 bits per heavy atom. The molecule has 4 aliphatic heterocycles. The van der Waals surface area contributed by atoms with Gasteiger partial charge in [-0.05, 0) is 94.6 Å². The molecule has 5 fully saturated rings. The van der Waals surface area contributed by atoms with Crippen molar-refractivity contribution in [2.75, 3.05) is 44.8 Å². The van der Waals surface area contributed by atoms with Crippen LogP contribution in [0.5, 0.6) is 23.5 Å². The van der Waals surface area contributed by atoms with E-state index in [0.717, 1.165) is 49.0 Å². The van der Waals surface area contributed by atoms with Crippen molar-refractivity contribution in [1.82, 2.24) is 29.3 Å². The zero-order valence-electron chi connectivity index (χ0n) is 47.6. The topological polar surface area (TPSA) is 128 Å². The highest BCUT2D eigenvalue weighted by Crippen LogP contribution is 2.48. The number of anilines is 1. The molecule has 1 amide bonds. The lowest BCUT2D eigenvalue weighted by Crippen LogP contribution is -2.68. The Balaban J connectivity index is 1.13. The van der Waals surface area contributed by atoms with Crippen molar-refractivity contribution >= 4 is 60.6 Å². The van der Waals surface area contributed by atoms with Crippen LogP contribution in [0.4, 0.5) is 19.4 Å². The van der Waals surface area contributed by atoms with E-state index < -0.39 is 46.1 Å². The maximum absolute atomic E-state index is 17.1. The van der Waals surface area contributed by atoms with Crippen molar-refractivity contribution in [3.63, 3.8) is 0 Å². The Bertz CT molecular complexity index is 3240. The molecule has 79 heavy (non-hydrogen) atoms. The predicted octanol–water partition coefficient (Wildman–Crippen LogP) is 12.1. The molecular weight excluding hydrogens is 1030 g/mol. The number of piperazine rings is 1. The Labute approximate surface area is 466 Å². The first kappa shape index (κ1) is 54.9. The summed E-state index contributed by atoms with van der Waals surface area (Å²) >= 11 is 0. The van der Waals surface area contributed by atoms with Gasteiger partial charge in [-0.3, -0.25) is 14.4 Å². The molecule has 1 aliphatic carbocycles. The molecule has 17 heteroatoms. The van der Waals surface area contributed by atoms with E-state index in [2.05, 4.69) is 137 Å². The van der Waals surface area contributed by atoms with E-state index in [4.69, 9.17) is 33.6 Å². The molecule has 13 nitrogen and oxygen atoms in total. The molecule has 5 atom stereocenters. The van der Waals surface area contributed by atoms with Crippen LogP contribution in [0, 0.1) is 17.3 Å². The molecule has 6 aromatic rings. The molecule has 11 rings (SSSR count). The number of methoxy groups -OCH3 is 1. The van der Waals surface area contributed by atoms with Crippen LogP contribution in [0.25, 0.3) is 21.9 Å². The Hall–Kier alpha value is -6.07. The number of benzene rings is 4. The molecule has 0 spiro atoms. The number of imidazole rings is 1. The van der Waals surface area contributed by atoms with Crippen LogP contribution in [0.3, 0.4) is 0 Å². The van der Waals surface area contributed by atoms with Crippen LogP contribution >= 0.6 is 0 Å². The molecule has 0 unspecified atom stereocenters. The van der Waals surface area contributed by atoms with Crippen LogP contribution in [0.15, 0.2) is 84.9 Å². The highest BCUT2D eigenvalue weighted by Gasteiger charge is 2.54. The molecule has 1 N–H and O–H groups in total.